The molecule has 3 aromatic rings. The Morgan fingerprint density at radius 3 is 2.81 bits per heavy atom. The van der Waals surface area contributed by atoms with Gasteiger partial charge in [-0.15, -0.1) is 0 Å². The lowest BCUT2D eigenvalue weighted by Gasteiger charge is -2.29. The van der Waals surface area contributed by atoms with E-state index < -0.39 is 0 Å². The fourth-order valence-corrected chi connectivity index (χ4v) is 3.92. The van der Waals surface area contributed by atoms with Crippen LogP contribution in [0.5, 0.6) is 11.5 Å². The molecule has 0 N–H and O–H groups in total. The summed E-state index contributed by atoms with van der Waals surface area (Å²) in [5.41, 5.74) is 4.49. The van der Waals surface area contributed by atoms with Crippen LogP contribution >= 0.6 is 12.2 Å². The van der Waals surface area contributed by atoms with Crippen molar-refractivity contribution in [3.8, 4) is 11.5 Å². The quantitative estimate of drug-likeness (QED) is 0.602. The van der Waals surface area contributed by atoms with Gasteiger partial charge in [0, 0.05) is 0 Å². The summed E-state index contributed by atoms with van der Waals surface area (Å²) in [6, 6.07) is 12.0. The Balaban J connectivity index is 1.69. The van der Waals surface area contributed by atoms with Gasteiger partial charge in [0.1, 0.15) is 6.33 Å². The van der Waals surface area contributed by atoms with Gasteiger partial charge < -0.3 is 9.47 Å². The second kappa shape index (κ2) is 6.72. The van der Waals surface area contributed by atoms with Crippen molar-refractivity contribution in [1.29, 1.82) is 0 Å². The Kier molecular flexibility index (Phi) is 4.41. The number of rotatable bonds is 2. The summed E-state index contributed by atoms with van der Waals surface area (Å²) in [7, 11) is 1.67. The third-order valence-electron chi connectivity index (χ3n) is 5.49. The standard InChI is InChI=1S/C21H22N2O2S/c1-13-8-9-15-10-20(19(24-3)11-16(15)14(13)2)25-21(26)23-12-22-17-6-4-5-7-18(17)23/h4-7,10-14H,8-9H2,1-3H3. The van der Waals surface area contributed by atoms with Crippen LogP contribution in [0.3, 0.4) is 0 Å². The molecule has 5 heteroatoms. The van der Waals surface area contributed by atoms with Crippen molar-refractivity contribution in [2.45, 2.75) is 32.6 Å². The number of ether oxygens (including phenoxy) is 2. The number of hydrogen-bond donors (Lipinski definition) is 0. The van der Waals surface area contributed by atoms with Crippen molar-refractivity contribution in [3.05, 3.63) is 53.9 Å². The number of imidazole rings is 1. The molecule has 0 amide bonds. The number of fused-ring (bicyclic) bond motifs is 2. The van der Waals surface area contributed by atoms with Gasteiger partial charge in [-0.1, -0.05) is 26.0 Å². The van der Waals surface area contributed by atoms with E-state index in [0.29, 0.717) is 22.8 Å². The molecule has 4 nitrogen and oxygen atoms in total. The zero-order valence-corrected chi connectivity index (χ0v) is 16.0. The average molecular weight is 366 g/mol. The minimum absolute atomic E-state index is 0.342. The number of benzene rings is 2. The van der Waals surface area contributed by atoms with Gasteiger partial charge in [0.15, 0.2) is 11.5 Å². The van der Waals surface area contributed by atoms with Gasteiger partial charge in [-0.2, -0.15) is 0 Å². The Morgan fingerprint density at radius 2 is 2.00 bits per heavy atom. The minimum Gasteiger partial charge on any atom is -0.493 e. The van der Waals surface area contributed by atoms with E-state index in [1.807, 2.05) is 24.3 Å². The zero-order chi connectivity index (χ0) is 18.3. The Bertz CT molecular complexity index is 979. The van der Waals surface area contributed by atoms with Gasteiger partial charge in [-0.25, -0.2) is 4.98 Å². The van der Waals surface area contributed by atoms with Crippen molar-refractivity contribution in [3.63, 3.8) is 0 Å². The molecule has 2 unspecified atom stereocenters. The van der Waals surface area contributed by atoms with Gasteiger partial charge in [0.2, 0.25) is 0 Å². The lowest BCUT2D eigenvalue weighted by molar-refractivity contribution is 0.382. The SMILES string of the molecule is COc1cc2c(cc1OC(=S)n1cnc3ccccc31)CCC(C)C2C. The van der Waals surface area contributed by atoms with E-state index in [9.17, 15) is 0 Å². The van der Waals surface area contributed by atoms with Gasteiger partial charge >= 0.3 is 0 Å². The van der Waals surface area contributed by atoms with E-state index in [0.717, 1.165) is 23.2 Å². The van der Waals surface area contributed by atoms with Crippen molar-refractivity contribution >= 4 is 28.4 Å². The molecule has 1 aromatic heterocycles. The molecule has 1 heterocycles. The Hall–Kier alpha value is -2.40. The van der Waals surface area contributed by atoms with E-state index in [-0.39, 0.29) is 0 Å². The molecule has 2 aromatic carbocycles. The monoisotopic (exact) mass is 366 g/mol. The second-order valence-corrected chi connectivity index (χ2v) is 7.33. The average Bonchev–Trinajstić information content (AvgIpc) is 3.09. The lowest BCUT2D eigenvalue weighted by Crippen LogP contribution is -2.18. The first-order valence-corrected chi connectivity index (χ1v) is 9.34. The topological polar surface area (TPSA) is 36.3 Å². The first kappa shape index (κ1) is 17.0. The zero-order valence-electron chi connectivity index (χ0n) is 15.2. The predicted octanol–water partition coefficient (Wildman–Crippen LogP) is 4.94. The molecule has 0 aliphatic heterocycles. The highest BCUT2D eigenvalue weighted by Gasteiger charge is 2.25. The highest BCUT2D eigenvalue weighted by atomic mass is 32.1. The van der Waals surface area contributed by atoms with Gasteiger partial charge in [-0.05, 0) is 72.3 Å². The molecule has 2 atom stereocenters. The molecular formula is C21H22N2O2S. The fraction of sp³-hybridized carbons (Fsp3) is 0.333. The maximum Gasteiger partial charge on any atom is 0.275 e. The molecule has 134 valence electrons. The summed E-state index contributed by atoms with van der Waals surface area (Å²) in [5.74, 6) is 2.58. The van der Waals surface area contributed by atoms with Crippen LogP contribution in [-0.4, -0.2) is 21.8 Å². The van der Waals surface area contributed by atoms with Gasteiger partial charge in [0.25, 0.3) is 5.17 Å². The van der Waals surface area contributed by atoms with E-state index in [1.165, 1.54) is 17.5 Å². The maximum absolute atomic E-state index is 6.05. The third kappa shape index (κ3) is 2.86. The van der Waals surface area contributed by atoms with Crippen LogP contribution in [0.1, 0.15) is 37.3 Å². The van der Waals surface area contributed by atoms with E-state index in [1.54, 1.807) is 18.0 Å². The molecule has 0 radical (unpaired) electrons. The van der Waals surface area contributed by atoms with Crippen molar-refractivity contribution in [2.75, 3.05) is 7.11 Å². The predicted molar refractivity (Wildman–Crippen MR) is 107 cm³/mol. The normalized spacial score (nSPS) is 19.2. The smallest absolute Gasteiger partial charge is 0.275 e. The van der Waals surface area contributed by atoms with E-state index in [4.69, 9.17) is 21.7 Å². The summed E-state index contributed by atoms with van der Waals surface area (Å²) < 4.78 is 13.4. The number of aryl methyl sites for hydroxylation is 1. The largest absolute Gasteiger partial charge is 0.493 e. The summed E-state index contributed by atoms with van der Waals surface area (Å²) in [4.78, 5) is 4.38. The molecule has 0 fully saturated rings. The number of aromatic nitrogens is 2. The maximum atomic E-state index is 6.05. The number of nitrogens with zero attached hydrogens (tertiary/aromatic N) is 2. The molecule has 1 aliphatic rings. The first-order valence-electron chi connectivity index (χ1n) is 8.93. The van der Waals surface area contributed by atoms with Gasteiger partial charge in [0.05, 0.1) is 18.1 Å². The van der Waals surface area contributed by atoms with E-state index >= 15 is 0 Å². The number of thiocarbonyl (C=S) groups is 1. The number of hydrogen-bond acceptors (Lipinski definition) is 4. The van der Waals surface area contributed by atoms with Crippen molar-refractivity contribution in [2.24, 2.45) is 5.92 Å². The van der Waals surface area contributed by atoms with Crippen LogP contribution in [0.4, 0.5) is 0 Å². The van der Waals surface area contributed by atoms with Crippen LogP contribution < -0.4 is 9.47 Å². The van der Waals surface area contributed by atoms with Crippen LogP contribution in [0.2, 0.25) is 0 Å². The van der Waals surface area contributed by atoms with Gasteiger partial charge in [-0.3, -0.25) is 4.57 Å². The van der Waals surface area contributed by atoms with Crippen LogP contribution in [-0.2, 0) is 6.42 Å². The van der Waals surface area contributed by atoms with Crippen LogP contribution in [0, 0.1) is 5.92 Å². The molecule has 0 saturated heterocycles. The van der Waals surface area contributed by atoms with Crippen molar-refractivity contribution in [1.82, 2.24) is 9.55 Å². The molecule has 4 rings (SSSR count). The molecule has 0 saturated carbocycles. The second-order valence-electron chi connectivity index (χ2n) is 6.98. The first-order chi connectivity index (χ1) is 12.6. The number of para-hydroxylation sites is 2. The summed E-state index contributed by atoms with van der Waals surface area (Å²) in [6.07, 6.45) is 3.94. The summed E-state index contributed by atoms with van der Waals surface area (Å²) in [6.45, 7) is 4.59. The third-order valence-corrected chi connectivity index (χ3v) is 5.77. The fourth-order valence-electron chi connectivity index (χ4n) is 3.69. The Labute approximate surface area is 158 Å². The van der Waals surface area contributed by atoms with Crippen LogP contribution in [0.15, 0.2) is 42.7 Å². The van der Waals surface area contributed by atoms with Crippen LogP contribution in [0.25, 0.3) is 11.0 Å². The number of methoxy groups -OCH3 is 1. The molecular weight excluding hydrogens is 344 g/mol. The lowest BCUT2D eigenvalue weighted by atomic mass is 9.77. The van der Waals surface area contributed by atoms with Crippen molar-refractivity contribution < 1.29 is 9.47 Å². The highest BCUT2D eigenvalue weighted by Crippen LogP contribution is 2.41. The summed E-state index contributed by atoms with van der Waals surface area (Å²) in [5, 5.41) is 0.342. The van der Waals surface area contributed by atoms with E-state index in [2.05, 4.69) is 31.0 Å². The highest BCUT2D eigenvalue weighted by molar-refractivity contribution is 7.80. The minimum atomic E-state index is 0.342. The molecule has 1 aliphatic carbocycles. The molecule has 26 heavy (non-hydrogen) atoms. The molecule has 0 bridgehead atoms. The summed E-state index contributed by atoms with van der Waals surface area (Å²) >= 11 is 5.53. The molecule has 0 spiro atoms. The Morgan fingerprint density at radius 1 is 1.19 bits per heavy atom.